The van der Waals surface area contributed by atoms with E-state index in [9.17, 15) is 35.4 Å². The smallest absolute Gasteiger partial charge is 0.219 e. The van der Waals surface area contributed by atoms with Crippen LogP contribution in [0.3, 0.4) is 0 Å². The Hall–Kier alpha value is -1.63. The molecule has 1 saturated carbocycles. The summed E-state index contributed by atoms with van der Waals surface area (Å²) in [6.45, 7) is 3.45. The Labute approximate surface area is 250 Å². The average Bonchev–Trinajstić information content (AvgIpc) is 3.26. The standard InChI is InChI=1S/C32H53NO9/c1-3-33-28(37)14-10-5-4-9-13-24-23(18-17-22(35)16-15-21-11-7-6-8-12-21)25(36)19-26(24)41-32(2)31(40)30(39)29(38)27(20-34)42-32/h6-8,11-12,22-27,29-31,34-36,38-40H,3-5,9-10,13-20H2,1-2H3,(H,33,37)/t22-,23+,24+,25+,26-,27?,29+,30+,31?,32-/m0/s1. The van der Waals surface area contributed by atoms with Crippen LogP contribution in [0.15, 0.2) is 30.3 Å². The van der Waals surface area contributed by atoms with Crippen molar-refractivity contribution in [3.8, 4) is 0 Å². The first-order valence-corrected chi connectivity index (χ1v) is 15.8. The van der Waals surface area contributed by atoms with Crippen molar-refractivity contribution in [1.82, 2.24) is 5.32 Å². The number of nitrogens with one attached hydrogen (secondary N) is 1. The second-order valence-corrected chi connectivity index (χ2v) is 12.2. The van der Waals surface area contributed by atoms with Crippen molar-refractivity contribution >= 4 is 5.91 Å². The summed E-state index contributed by atoms with van der Waals surface area (Å²) in [7, 11) is 0. The molecular weight excluding hydrogens is 542 g/mol. The van der Waals surface area contributed by atoms with Crippen LogP contribution in [0.2, 0.25) is 0 Å². The van der Waals surface area contributed by atoms with Crippen LogP contribution in [0.25, 0.3) is 0 Å². The van der Waals surface area contributed by atoms with E-state index in [0.717, 1.165) is 38.5 Å². The number of aliphatic hydroxyl groups is 6. The van der Waals surface area contributed by atoms with Crippen molar-refractivity contribution < 1.29 is 44.9 Å². The number of aliphatic hydroxyl groups excluding tert-OH is 6. The molecule has 1 aliphatic heterocycles. The zero-order valence-electron chi connectivity index (χ0n) is 25.2. The van der Waals surface area contributed by atoms with Gasteiger partial charge in [0.05, 0.1) is 24.9 Å². The summed E-state index contributed by atoms with van der Waals surface area (Å²) in [5.74, 6) is -1.85. The number of aryl methyl sites for hydroxylation is 1. The first-order chi connectivity index (χ1) is 20.1. The average molecular weight is 596 g/mol. The fourth-order valence-electron chi connectivity index (χ4n) is 6.60. The molecule has 42 heavy (non-hydrogen) atoms. The topological polar surface area (TPSA) is 169 Å². The van der Waals surface area contributed by atoms with Gasteiger partial charge in [-0.2, -0.15) is 0 Å². The van der Waals surface area contributed by atoms with E-state index in [1.807, 2.05) is 37.3 Å². The molecule has 1 aromatic carbocycles. The van der Waals surface area contributed by atoms with Gasteiger partial charge in [-0.05, 0) is 69.8 Å². The number of ether oxygens (including phenoxy) is 2. The number of carbonyl (C=O) groups excluding carboxylic acids is 1. The number of unbranched alkanes of at least 4 members (excludes halogenated alkanes) is 3. The summed E-state index contributed by atoms with van der Waals surface area (Å²) in [6, 6.07) is 10.0. The number of amides is 1. The summed E-state index contributed by atoms with van der Waals surface area (Å²) >= 11 is 0. The molecule has 1 saturated heterocycles. The second-order valence-electron chi connectivity index (χ2n) is 12.2. The maximum atomic E-state index is 11.7. The third-order valence-electron chi connectivity index (χ3n) is 9.05. The highest BCUT2D eigenvalue weighted by atomic mass is 16.7. The predicted octanol–water partition coefficient (Wildman–Crippen LogP) is 1.81. The minimum absolute atomic E-state index is 0.0588. The molecule has 1 aromatic rings. The van der Waals surface area contributed by atoms with Crippen molar-refractivity contribution in [2.75, 3.05) is 13.2 Å². The van der Waals surface area contributed by atoms with Crippen LogP contribution >= 0.6 is 0 Å². The van der Waals surface area contributed by atoms with Crippen molar-refractivity contribution in [1.29, 1.82) is 0 Å². The fourth-order valence-corrected chi connectivity index (χ4v) is 6.60. The molecule has 0 spiro atoms. The summed E-state index contributed by atoms with van der Waals surface area (Å²) in [6.07, 6.45) is 0.205. The molecule has 1 aliphatic carbocycles. The van der Waals surface area contributed by atoms with E-state index in [0.29, 0.717) is 38.6 Å². The first-order valence-electron chi connectivity index (χ1n) is 15.8. The molecule has 0 bridgehead atoms. The molecule has 0 radical (unpaired) electrons. The summed E-state index contributed by atoms with van der Waals surface area (Å²) in [5.41, 5.74) is 1.17. The van der Waals surface area contributed by atoms with Crippen molar-refractivity contribution in [3.63, 3.8) is 0 Å². The predicted molar refractivity (Wildman–Crippen MR) is 157 cm³/mol. The zero-order chi connectivity index (χ0) is 30.7. The molecule has 10 nitrogen and oxygen atoms in total. The quantitative estimate of drug-likeness (QED) is 0.133. The SMILES string of the molecule is CCNC(=O)CCCCCC[C@@H]1[C@@H](CC[C@@H](O)CCc2ccccc2)[C@H](O)C[C@@H]1O[C@@]1(C)OC(CO)[C@@H](O)[C@@H](O)C1O. The van der Waals surface area contributed by atoms with Gasteiger partial charge in [0.1, 0.15) is 24.4 Å². The van der Waals surface area contributed by atoms with Gasteiger partial charge in [-0.25, -0.2) is 0 Å². The molecule has 0 aromatic heterocycles. The Bertz CT molecular complexity index is 919. The molecule has 3 rings (SSSR count). The number of carbonyl (C=O) groups is 1. The van der Waals surface area contributed by atoms with E-state index in [4.69, 9.17) is 9.47 Å². The lowest BCUT2D eigenvalue weighted by Crippen LogP contribution is -2.65. The molecular formula is C32H53NO9. The van der Waals surface area contributed by atoms with E-state index in [1.165, 1.54) is 12.5 Å². The summed E-state index contributed by atoms with van der Waals surface area (Å²) in [5, 5.41) is 65.7. The molecule has 240 valence electrons. The Kier molecular flexibility index (Phi) is 14.1. The number of hydrogen-bond acceptors (Lipinski definition) is 9. The van der Waals surface area contributed by atoms with Gasteiger partial charge in [-0.1, -0.05) is 49.6 Å². The lowest BCUT2D eigenvalue weighted by molar-refractivity contribution is -0.369. The Morgan fingerprint density at radius 2 is 1.74 bits per heavy atom. The molecule has 2 unspecified atom stereocenters. The minimum Gasteiger partial charge on any atom is -0.394 e. The molecule has 10 atom stereocenters. The van der Waals surface area contributed by atoms with Gasteiger partial charge in [0.2, 0.25) is 5.91 Å². The summed E-state index contributed by atoms with van der Waals surface area (Å²) in [4.78, 5) is 11.7. The third-order valence-corrected chi connectivity index (χ3v) is 9.05. The lowest BCUT2D eigenvalue weighted by atomic mass is 9.84. The maximum absolute atomic E-state index is 11.7. The normalized spacial score (nSPS) is 33.9. The van der Waals surface area contributed by atoms with Gasteiger partial charge in [0, 0.05) is 19.4 Å². The van der Waals surface area contributed by atoms with Crippen molar-refractivity contribution in [2.45, 2.75) is 133 Å². The molecule has 1 amide bonds. The minimum atomic E-state index is -1.69. The first kappa shape index (κ1) is 34.9. The molecule has 2 aliphatic rings. The van der Waals surface area contributed by atoms with Gasteiger partial charge < -0.3 is 45.4 Å². The van der Waals surface area contributed by atoms with Gasteiger partial charge in [0.25, 0.3) is 0 Å². The van der Waals surface area contributed by atoms with Crippen molar-refractivity contribution in [3.05, 3.63) is 35.9 Å². The maximum Gasteiger partial charge on any atom is 0.219 e. The second kappa shape index (κ2) is 17.0. The highest BCUT2D eigenvalue weighted by Gasteiger charge is 2.54. The van der Waals surface area contributed by atoms with Crippen LogP contribution < -0.4 is 5.32 Å². The highest BCUT2D eigenvalue weighted by molar-refractivity contribution is 5.75. The Morgan fingerprint density at radius 3 is 2.43 bits per heavy atom. The largest absolute Gasteiger partial charge is 0.394 e. The Morgan fingerprint density at radius 1 is 1.02 bits per heavy atom. The van der Waals surface area contributed by atoms with Gasteiger partial charge in [-0.15, -0.1) is 0 Å². The highest BCUT2D eigenvalue weighted by Crippen LogP contribution is 2.44. The molecule has 7 N–H and O–H groups in total. The van der Waals surface area contributed by atoms with Crippen LogP contribution in [0, 0.1) is 11.8 Å². The number of rotatable bonds is 17. The summed E-state index contributed by atoms with van der Waals surface area (Å²) < 4.78 is 12.1. The van der Waals surface area contributed by atoms with E-state index < -0.39 is 55.1 Å². The Balaban J connectivity index is 1.62. The molecule has 1 heterocycles. The van der Waals surface area contributed by atoms with Crippen LogP contribution in [-0.2, 0) is 20.7 Å². The van der Waals surface area contributed by atoms with Crippen LogP contribution in [0.4, 0.5) is 0 Å². The number of hydrogen-bond donors (Lipinski definition) is 7. The van der Waals surface area contributed by atoms with Crippen LogP contribution in [-0.4, -0.2) is 98.2 Å². The van der Waals surface area contributed by atoms with Gasteiger partial charge >= 0.3 is 0 Å². The molecule has 2 fully saturated rings. The monoisotopic (exact) mass is 595 g/mol. The third kappa shape index (κ3) is 9.69. The van der Waals surface area contributed by atoms with E-state index in [-0.39, 0.29) is 17.7 Å². The lowest BCUT2D eigenvalue weighted by Gasteiger charge is -2.48. The zero-order valence-corrected chi connectivity index (χ0v) is 25.2. The van der Waals surface area contributed by atoms with Crippen LogP contribution in [0.1, 0.15) is 83.6 Å². The number of benzene rings is 1. The van der Waals surface area contributed by atoms with Crippen molar-refractivity contribution in [2.24, 2.45) is 11.8 Å². The molecule has 10 heteroatoms. The van der Waals surface area contributed by atoms with E-state index >= 15 is 0 Å². The van der Waals surface area contributed by atoms with E-state index in [2.05, 4.69) is 5.32 Å². The van der Waals surface area contributed by atoms with Gasteiger partial charge in [-0.3, -0.25) is 4.79 Å². The fraction of sp³-hybridized carbons (Fsp3) is 0.781. The van der Waals surface area contributed by atoms with Crippen LogP contribution in [0.5, 0.6) is 0 Å². The van der Waals surface area contributed by atoms with E-state index in [1.54, 1.807) is 0 Å². The van der Waals surface area contributed by atoms with Gasteiger partial charge in [0.15, 0.2) is 5.79 Å².